The number of hydrogen-bond donors (Lipinski definition) is 1. The molecule has 0 unspecified atom stereocenters. The van der Waals surface area contributed by atoms with Gasteiger partial charge in [-0.3, -0.25) is 10.1 Å². The number of rotatable bonds is 6. The molecule has 5 rings (SSSR count). The number of fused-ring (bicyclic) bond motifs is 3. The first-order chi connectivity index (χ1) is 17.3. The second kappa shape index (κ2) is 10.1. The SMILES string of the molecule is COc1cc([C@@H]2Nc3c(Cl)cc([N+](=O)[O-])cc3[C@@H]3C=CC[C@H]32)cc(Br)c1OCc1ccc(Cl)c(Cl)c1. The minimum atomic E-state index is -0.412. The Balaban J connectivity index is 1.47. The second-order valence-electron chi connectivity index (χ2n) is 8.70. The summed E-state index contributed by atoms with van der Waals surface area (Å²) in [6.45, 7) is 0.281. The van der Waals surface area contributed by atoms with E-state index in [1.807, 2.05) is 18.2 Å². The van der Waals surface area contributed by atoms with Crippen molar-refractivity contribution in [2.45, 2.75) is 25.0 Å². The van der Waals surface area contributed by atoms with E-state index in [0.717, 1.165) is 33.3 Å². The van der Waals surface area contributed by atoms with Gasteiger partial charge >= 0.3 is 0 Å². The van der Waals surface area contributed by atoms with E-state index in [-0.39, 0.29) is 30.2 Å². The number of anilines is 1. The average Bonchev–Trinajstić information content (AvgIpc) is 3.35. The molecule has 10 heteroatoms. The molecule has 0 amide bonds. The molecule has 0 fully saturated rings. The summed E-state index contributed by atoms with van der Waals surface area (Å²) in [4.78, 5) is 11.0. The van der Waals surface area contributed by atoms with Gasteiger partial charge < -0.3 is 14.8 Å². The minimum absolute atomic E-state index is 0.00839. The van der Waals surface area contributed by atoms with E-state index in [2.05, 4.69) is 33.4 Å². The third kappa shape index (κ3) is 4.65. The van der Waals surface area contributed by atoms with E-state index in [1.165, 1.54) is 6.07 Å². The van der Waals surface area contributed by atoms with E-state index in [4.69, 9.17) is 44.3 Å². The second-order valence-corrected chi connectivity index (χ2v) is 10.8. The molecule has 0 saturated heterocycles. The molecule has 0 radical (unpaired) electrons. The molecule has 1 heterocycles. The highest BCUT2D eigenvalue weighted by molar-refractivity contribution is 9.10. The van der Waals surface area contributed by atoms with Crippen molar-refractivity contribution in [2.75, 3.05) is 12.4 Å². The molecule has 0 bridgehead atoms. The zero-order valence-electron chi connectivity index (χ0n) is 18.9. The lowest BCUT2D eigenvalue weighted by Gasteiger charge is -2.38. The number of benzene rings is 3. The van der Waals surface area contributed by atoms with E-state index in [9.17, 15) is 10.1 Å². The first kappa shape index (κ1) is 25.2. The van der Waals surface area contributed by atoms with Crippen molar-refractivity contribution in [2.24, 2.45) is 5.92 Å². The zero-order valence-corrected chi connectivity index (χ0v) is 22.8. The molecular weight excluding hydrogens is 591 g/mol. The Hall–Kier alpha value is -2.45. The molecule has 0 saturated carbocycles. The van der Waals surface area contributed by atoms with Crippen LogP contribution < -0.4 is 14.8 Å². The molecule has 2 aliphatic rings. The van der Waals surface area contributed by atoms with Gasteiger partial charge in [0, 0.05) is 18.1 Å². The van der Waals surface area contributed by atoms with Crippen molar-refractivity contribution < 1.29 is 14.4 Å². The molecule has 0 aromatic heterocycles. The highest BCUT2D eigenvalue weighted by Gasteiger charge is 2.40. The van der Waals surface area contributed by atoms with Crippen LogP contribution in [0.1, 0.15) is 35.1 Å². The quantitative estimate of drug-likeness (QED) is 0.172. The predicted molar refractivity (Wildman–Crippen MR) is 146 cm³/mol. The molecule has 1 aliphatic heterocycles. The van der Waals surface area contributed by atoms with Crippen molar-refractivity contribution in [1.29, 1.82) is 0 Å². The molecular formula is C26H20BrCl3N2O4. The van der Waals surface area contributed by atoms with Crippen molar-refractivity contribution >= 4 is 62.1 Å². The summed E-state index contributed by atoms with van der Waals surface area (Å²) in [7, 11) is 1.59. The number of hydrogen-bond acceptors (Lipinski definition) is 5. The molecule has 36 heavy (non-hydrogen) atoms. The van der Waals surface area contributed by atoms with E-state index in [1.54, 1.807) is 25.3 Å². The maximum atomic E-state index is 11.4. The van der Waals surface area contributed by atoms with Gasteiger partial charge in [0.05, 0.1) is 43.3 Å². The summed E-state index contributed by atoms with van der Waals surface area (Å²) in [5.41, 5.74) is 3.41. The van der Waals surface area contributed by atoms with Crippen LogP contribution in [0.15, 0.2) is 59.1 Å². The number of ether oxygens (including phenoxy) is 2. The minimum Gasteiger partial charge on any atom is -0.493 e. The molecule has 1 N–H and O–H groups in total. The predicted octanol–water partition coefficient (Wildman–Crippen LogP) is 8.73. The molecule has 3 aromatic carbocycles. The summed E-state index contributed by atoms with van der Waals surface area (Å²) >= 11 is 22.3. The first-order valence-corrected chi connectivity index (χ1v) is 13.0. The van der Waals surface area contributed by atoms with Crippen LogP contribution >= 0.6 is 50.7 Å². The Bertz CT molecular complexity index is 1400. The fraction of sp³-hybridized carbons (Fsp3) is 0.231. The van der Waals surface area contributed by atoms with Gasteiger partial charge in [-0.25, -0.2) is 0 Å². The summed E-state index contributed by atoms with van der Waals surface area (Å²) in [6, 6.07) is 12.2. The van der Waals surface area contributed by atoms with Gasteiger partial charge in [-0.1, -0.05) is 53.0 Å². The van der Waals surface area contributed by atoms with Crippen LogP contribution in [0.2, 0.25) is 15.1 Å². The van der Waals surface area contributed by atoms with E-state index < -0.39 is 4.92 Å². The summed E-state index contributed by atoms with van der Waals surface area (Å²) < 4.78 is 12.5. The fourth-order valence-electron chi connectivity index (χ4n) is 4.92. The molecule has 186 valence electrons. The summed E-state index contributed by atoms with van der Waals surface area (Å²) in [5.74, 6) is 1.32. The number of nitrogens with one attached hydrogen (secondary N) is 1. The Morgan fingerprint density at radius 2 is 1.92 bits per heavy atom. The van der Waals surface area contributed by atoms with Crippen LogP contribution in [0.3, 0.4) is 0 Å². The highest BCUT2D eigenvalue weighted by atomic mass is 79.9. The molecule has 3 aromatic rings. The van der Waals surface area contributed by atoms with Crippen LogP contribution in [0, 0.1) is 16.0 Å². The zero-order chi connectivity index (χ0) is 25.6. The molecule has 3 atom stereocenters. The number of methoxy groups -OCH3 is 1. The van der Waals surface area contributed by atoms with Gasteiger partial charge in [-0.2, -0.15) is 0 Å². The lowest BCUT2D eigenvalue weighted by Crippen LogP contribution is -2.29. The number of nitrogens with zero attached hydrogens (tertiary/aromatic N) is 1. The summed E-state index contributed by atoms with van der Waals surface area (Å²) in [6.07, 6.45) is 5.06. The monoisotopic (exact) mass is 608 g/mol. The third-order valence-electron chi connectivity index (χ3n) is 6.59. The first-order valence-electron chi connectivity index (χ1n) is 11.1. The maximum Gasteiger partial charge on any atom is 0.271 e. The van der Waals surface area contributed by atoms with Crippen LogP contribution in [-0.4, -0.2) is 12.0 Å². The maximum absolute atomic E-state index is 11.4. The van der Waals surface area contributed by atoms with Crippen molar-refractivity contribution in [3.63, 3.8) is 0 Å². The van der Waals surface area contributed by atoms with E-state index >= 15 is 0 Å². The standard InChI is InChI=1S/C26H20BrCl3N2O4/c1-35-23-9-14(8-19(27)26(23)36-12-13-5-6-20(28)21(29)7-13)24-17-4-2-3-16(17)18-10-15(32(33)34)11-22(30)25(18)31-24/h2-3,5-11,16-17,24,31H,4,12H2,1H3/t16-,17-,24+/m1/s1. The largest absolute Gasteiger partial charge is 0.493 e. The topological polar surface area (TPSA) is 73.6 Å². The van der Waals surface area contributed by atoms with Crippen LogP contribution in [0.4, 0.5) is 11.4 Å². The summed E-state index contributed by atoms with van der Waals surface area (Å²) in [5, 5.41) is 16.2. The van der Waals surface area contributed by atoms with Crippen molar-refractivity contribution in [1.82, 2.24) is 0 Å². The number of halogens is 4. The molecule has 0 spiro atoms. The van der Waals surface area contributed by atoms with Gasteiger partial charge in [-0.15, -0.1) is 0 Å². The fourth-order valence-corrected chi connectivity index (χ4v) is 6.09. The van der Waals surface area contributed by atoms with Crippen LogP contribution in [0.25, 0.3) is 0 Å². The van der Waals surface area contributed by atoms with Crippen LogP contribution in [-0.2, 0) is 6.61 Å². The number of non-ortho nitro benzene ring substituents is 1. The van der Waals surface area contributed by atoms with Gasteiger partial charge in [0.15, 0.2) is 11.5 Å². The average molecular weight is 611 g/mol. The molecule has 6 nitrogen and oxygen atoms in total. The van der Waals surface area contributed by atoms with Gasteiger partial charge in [-0.05, 0) is 69.2 Å². The smallest absolute Gasteiger partial charge is 0.271 e. The Labute approximate surface area is 231 Å². The Morgan fingerprint density at radius 1 is 1.11 bits per heavy atom. The van der Waals surface area contributed by atoms with Crippen molar-refractivity contribution in [3.8, 4) is 11.5 Å². The van der Waals surface area contributed by atoms with E-state index in [0.29, 0.717) is 26.6 Å². The van der Waals surface area contributed by atoms with Gasteiger partial charge in [0.1, 0.15) is 6.61 Å². The lowest BCUT2D eigenvalue weighted by molar-refractivity contribution is -0.384. The number of allylic oxidation sites excluding steroid dienone is 2. The highest BCUT2D eigenvalue weighted by Crippen LogP contribution is 2.53. The Morgan fingerprint density at radius 3 is 2.64 bits per heavy atom. The lowest BCUT2D eigenvalue weighted by atomic mass is 9.77. The van der Waals surface area contributed by atoms with Crippen molar-refractivity contribution in [3.05, 3.63) is 101 Å². The van der Waals surface area contributed by atoms with Gasteiger partial charge in [0.2, 0.25) is 0 Å². The number of nitro groups is 1. The normalized spacial score (nSPS) is 19.9. The third-order valence-corrected chi connectivity index (χ3v) is 8.22. The van der Waals surface area contributed by atoms with Gasteiger partial charge in [0.25, 0.3) is 5.69 Å². The molecule has 1 aliphatic carbocycles. The number of nitro benzene ring substituents is 1. The Kier molecular flexibility index (Phi) is 7.10. The van der Waals surface area contributed by atoms with Crippen LogP contribution in [0.5, 0.6) is 11.5 Å².